The minimum atomic E-state index is -0.452. The van der Waals surface area contributed by atoms with Gasteiger partial charge in [0.05, 0.1) is 11.5 Å². The second-order valence-electron chi connectivity index (χ2n) is 11.1. The van der Waals surface area contributed by atoms with Crippen LogP contribution < -0.4 is 5.43 Å². The Morgan fingerprint density at radius 2 is 1.53 bits per heavy atom. The largest absolute Gasteiger partial charge is 0.329 e. The summed E-state index contributed by atoms with van der Waals surface area (Å²) >= 11 is 0. The summed E-state index contributed by atoms with van der Waals surface area (Å²) in [4.78, 5) is 31.1. The van der Waals surface area contributed by atoms with Gasteiger partial charge in [-0.05, 0) is 61.4 Å². The fraction of sp³-hybridized carbons (Fsp3) is 0.517. The van der Waals surface area contributed by atoms with E-state index in [0.29, 0.717) is 23.9 Å². The van der Waals surface area contributed by atoms with Gasteiger partial charge in [0, 0.05) is 38.3 Å². The van der Waals surface area contributed by atoms with Crippen LogP contribution in [0.3, 0.4) is 0 Å². The number of hydrogen-bond donors (Lipinski definition) is 1. The fourth-order valence-electron chi connectivity index (χ4n) is 6.00. The van der Waals surface area contributed by atoms with E-state index in [0.717, 1.165) is 44.6 Å². The molecule has 2 aromatic rings. The average molecular weight is 511 g/mol. The number of piperidine rings is 1. The topological polar surface area (TPSA) is 55.9 Å². The van der Waals surface area contributed by atoms with Crippen molar-refractivity contribution in [2.45, 2.75) is 44.6 Å². The van der Waals surface area contributed by atoms with Crippen LogP contribution in [0, 0.1) is 11.8 Å². The van der Waals surface area contributed by atoms with E-state index < -0.39 is 5.41 Å². The molecule has 194 valence electrons. The molecule has 3 aliphatic rings. The van der Waals surface area contributed by atoms with Gasteiger partial charge in [0.1, 0.15) is 0 Å². The lowest BCUT2D eigenvalue weighted by Gasteiger charge is -2.40. The molecular weight excluding hydrogens is 472 g/mol. The van der Waals surface area contributed by atoms with Gasteiger partial charge in [0.25, 0.3) is 5.91 Å². The van der Waals surface area contributed by atoms with Crippen LogP contribution in [-0.4, -0.2) is 66.4 Å². The van der Waals surface area contributed by atoms with Crippen LogP contribution in [0.1, 0.15) is 60.6 Å². The van der Waals surface area contributed by atoms with Crippen LogP contribution >= 0.6 is 12.4 Å². The zero-order valence-electron chi connectivity index (χ0n) is 21.7. The summed E-state index contributed by atoms with van der Waals surface area (Å²) in [6.07, 6.45) is 2.94. The van der Waals surface area contributed by atoms with Crippen LogP contribution in [0.5, 0.6) is 0 Å². The van der Waals surface area contributed by atoms with Gasteiger partial charge in [-0.2, -0.15) is 0 Å². The maximum absolute atomic E-state index is 13.5. The summed E-state index contributed by atoms with van der Waals surface area (Å²) in [6, 6.07) is 18.1. The van der Waals surface area contributed by atoms with Crippen molar-refractivity contribution in [1.29, 1.82) is 0 Å². The number of piperazine rings is 1. The molecule has 0 spiro atoms. The van der Waals surface area contributed by atoms with E-state index in [2.05, 4.69) is 48.4 Å². The van der Waals surface area contributed by atoms with Gasteiger partial charge >= 0.3 is 0 Å². The van der Waals surface area contributed by atoms with E-state index in [1.807, 2.05) is 47.4 Å². The van der Waals surface area contributed by atoms with Gasteiger partial charge in [-0.15, -0.1) is 12.4 Å². The molecule has 1 N–H and O–H groups in total. The van der Waals surface area contributed by atoms with Crippen molar-refractivity contribution < 1.29 is 9.59 Å². The Morgan fingerprint density at radius 1 is 0.889 bits per heavy atom. The Morgan fingerprint density at radius 3 is 2.14 bits per heavy atom. The summed E-state index contributed by atoms with van der Waals surface area (Å²) in [5.41, 5.74) is 5.63. The van der Waals surface area contributed by atoms with Crippen LogP contribution in [0.2, 0.25) is 0 Å². The normalized spacial score (nSPS) is 26.1. The predicted octanol–water partition coefficient (Wildman–Crippen LogP) is 4.28. The standard InChI is InChI=1S/C29H38N4O2.ClH/c1-21-17-22(2)19-32(18-21)30-28(35)29(13-14-29)25-11-9-24(10-12-25)27(34)33-16-15-31(3)20-26(33)23-7-5-4-6-8-23;/h4-12,21-22,26H,13-20H2,1-3H3,(H,30,35);1H. The quantitative estimate of drug-likeness (QED) is 0.652. The highest BCUT2D eigenvalue weighted by Gasteiger charge is 2.52. The molecule has 0 radical (unpaired) electrons. The minimum absolute atomic E-state index is 0. The molecule has 2 aliphatic heterocycles. The molecule has 3 atom stereocenters. The number of nitrogens with one attached hydrogen (secondary N) is 1. The van der Waals surface area contributed by atoms with E-state index >= 15 is 0 Å². The van der Waals surface area contributed by atoms with Crippen molar-refractivity contribution in [3.63, 3.8) is 0 Å². The lowest BCUT2D eigenvalue weighted by molar-refractivity contribution is -0.129. The molecule has 6 nitrogen and oxygen atoms in total. The molecule has 3 unspecified atom stereocenters. The number of hydrazine groups is 1. The first-order valence-electron chi connectivity index (χ1n) is 13.1. The molecule has 3 fully saturated rings. The molecule has 1 saturated carbocycles. The monoisotopic (exact) mass is 510 g/mol. The zero-order valence-corrected chi connectivity index (χ0v) is 22.5. The van der Waals surface area contributed by atoms with E-state index in [4.69, 9.17) is 0 Å². The molecule has 2 saturated heterocycles. The van der Waals surface area contributed by atoms with Crippen molar-refractivity contribution in [2.24, 2.45) is 11.8 Å². The molecule has 0 aromatic heterocycles. The van der Waals surface area contributed by atoms with Crippen molar-refractivity contribution in [1.82, 2.24) is 20.2 Å². The molecule has 5 rings (SSSR count). The molecule has 7 heteroatoms. The third kappa shape index (κ3) is 5.46. The van der Waals surface area contributed by atoms with Gasteiger partial charge in [0.2, 0.25) is 5.91 Å². The first-order chi connectivity index (χ1) is 16.9. The van der Waals surface area contributed by atoms with Crippen molar-refractivity contribution in [2.75, 3.05) is 39.8 Å². The van der Waals surface area contributed by atoms with Crippen molar-refractivity contribution in [3.8, 4) is 0 Å². The van der Waals surface area contributed by atoms with Gasteiger partial charge in [-0.3, -0.25) is 15.0 Å². The molecular formula is C29H39ClN4O2. The van der Waals surface area contributed by atoms with E-state index in [1.54, 1.807) is 0 Å². The molecule has 2 heterocycles. The second kappa shape index (κ2) is 10.9. The maximum Gasteiger partial charge on any atom is 0.254 e. The van der Waals surface area contributed by atoms with Crippen LogP contribution in [0.15, 0.2) is 54.6 Å². The Bertz CT molecular complexity index is 1050. The molecule has 0 bridgehead atoms. The van der Waals surface area contributed by atoms with Gasteiger partial charge in [-0.25, -0.2) is 5.01 Å². The first-order valence-corrected chi connectivity index (χ1v) is 13.1. The number of halogens is 1. The number of hydrogen-bond acceptors (Lipinski definition) is 4. The van der Waals surface area contributed by atoms with E-state index in [1.165, 1.54) is 12.0 Å². The Labute approximate surface area is 221 Å². The lowest BCUT2D eigenvalue weighted by atomic mass is 9.92. The summed E-state index contributed by atoms with van der Waals surface area (Å²) < 4.78 is 0. The molecule has 2 aromatic carbocycles. The number of amides is 2. The fourth-order valence-corrected chi connectivity index (χ4v) is 6.00. The predicted molar refractivity (Wildman–Crippen MR) is 145 cm³/mol. The second-order valence-corrected chi connectivity index (χ2v) is 11.1. The van der Waals surface area contributed by atoms with Crippen molar-refractivity contribution in [3.05, 3.63) is 71.3 Å². The Hall–Kier alpha value is -2.41. The highest BCUT2D eigenvalue weighted by molar-refractivity contribution is 5.95. The minimum Gasteiger partial charge on any atom is -0.329 e. The van der Waals surface area contributed by atoms with Gasteiger partial charge in [-0.1, -0.05) is 56.3 Å². The van der Waals surface area contributed by atoms with E-state index in [9.17, 15) is 9.59 Å². The highest BCUT2D eigenvalue weighted by Crippen LogP contribution is 2.48. The number of nitrogens with zero attached hydrogens (tertiary/aromatic N) is 3. The summed E-state index contributed by atoms with van der Waals surface area (Å²) in [5, 5.41) is 2.11. The molecule has 1 aliphatic carbocycles. The SMILES string of the molecule is CC1CC(C)CN(NC(=O)C2(c3ccc(C(=O)N4CCN(C)CC4c4ccccc4)cc3)CC2)C1.Cl. The van der Waals surface area contributed by atoms with Gasteiger partial charge < -0.3 is 9.80 Å². The Balaban J connectivity index is 0.00000304. The molecule has 36 heavy (non-hydrogen) atoms. The zero-order chi connectivity index (χ0) is 24.6. The Kier molecular flexibility index (Phi) is 8.08. The smallest absolute Gasteiger partial charge is 0.254 e. The maximum atomic E-state index is 13.5. The summed E-state index contributed by atoms with van der Waals surface area (Å²) in [5.74, 6) is 1.34. The van der Waals surface area contributed by atoms with Crippen LogP contribution in [0.25, 0.3) is 0 Å². The van der Waals surface area contributed by atoms with Crippen LogP contribution in [-0.2, 0) is 10.2 Å². The first kappa shape index (κ1) is 26.6. The number of carbonyl (C=O) groups is 2. The third-order valence-corrected chi connectivity index (χ3v) is 8.03. The number of carbonyl (C=O) groups excluding carboxylic acids is 2. The number of benzene rings is 2. The summed E-state index contributed by atoms with van der Waals surface area (Å²) in [6.45, 7) is 8.71. The number of rotatable bonds is 5. The van der Waals surface area contributed by atoms with E-state index in [-0.39, 0.29) is 30.3 Å². The van der Waals surface area contributed by atoms with Crippen LogP contribution in [0.4, 0.5) is 0 Å². The molecule has 2 amide bonds. The third-order valence-electron chi connectivity index (χ3n) is 8.03. The highest BCUT2D eigenvalue weighted by atomic mass is 35.5. The number of likely N-dealkylation sites (N-methyl/N-ethyl adjacent to an activating group) is 1. The van der Waals surface area contributed by atoms with Crippen molar-refractivity contribution >= 4 is 24.2 Å². The summed E-state index contributed by atoms with van der Waals surface area (Å²) in [7, 11) is 2.11. The average Bonchev–Trinajstić information content (AvgIpc) is 3.66. The lowest BCUT2D eigenvalue weighted by Crippen LogP contribution is -2.52. The van der Waals surface area contributed by atoms with Gasteiger partial charge in [0.15, 0.2) is 0 Å².